The fraction of sp³-hybridized carbons (Fsp3) is 0.571. The predicted molar refractivity (Wildman–Crippen MR) is 82.5 cm³/mol. The van der Waals surface area contributed by atoms with Gasteiger partial charge in [-0.2, -0.15) is 0 Å². The minimum atomic E-state index is -0.00497. The lowest BCUT2D eigenvalue weighted by atomic mass is 10.2. The molecule has 1 atom stereocenters. The molecule has 0 spiro atoms. The number of rotatable bonds is 2. The van der Waals surface area contributed by atoms with Gasteiger partial charge in [0.15, 0.2) is 0 Å². The normalized spacial score (nSPS) is 20.6. The monoisotopic (exact) mass is 292 g/mol. The van der Waals surface area contributed by atoms with Gasteiger partial charge in [0.25, 0.3) is 5.56 Å². The Hall–Kier alpha value is -1.24. The van der Waals surface area contributed by atoms with E-state index in [0.717, 1.165) is 41.2 Å². The van der Waals surface area contributed by atoms with Gasteiger partial charge in [0.1, 0.15) is 10.7 Å². The number of fused-ring (bicyclic) bond motifs is 1. The number of aromatic nitrogens is 2. The summed E-state index contributed by atoms with van der Waals surface area (Å²) in [5, 5.41) is 4.12. The van der Waals surface area contributed by atoms with Crippen LogP contribution in [0.15, 0.2) is 4.79 Å². The van der Waals surface area contributed by atoms with Crippen molar-refractivity contribution in [1.82, 2.24) is 20.2 Å². The smallest absolute Gasteiger partial charge is 0.259 e. The fourth-order valence-electron chi connectivity index (χ4n) is 2.68. The Bertz CT molecular complexity index is 690. The van der Waals surface area contributed by atoms with Gasteiger partial charge in [-0.1, -0.05) is 0 Å². The van der Waals surface area contributed by atoms with E-state index >= 15 is 0 Å². The third-order valence-electron chi connectivity index (χ3n) is 4.08. The topological polar surface area (TPSA) is 61.0 Å². The van der Waals surface area contributed by atoms with Gasteiger partial charge in [0.05, 0.1) is 11.9 Å². The molecule has 0 aliphatic carbocycles. The molecule has 0 saturated carbocycles. The Balaban J connectivity index is 1.94. The van der Waals surface area contributed by atoms with Crippen LogP contribution in [-0.2, 0) is 6.54 Å². The van der Waals surface area contributed by atoms with Crippen molar-refractivity contribution >= 4 is 21.6 Å². The Morgan fingerprint density at radius 2 is 2.25 bits per heavy atom. The van der Waals surface area contributed by atoms with Gasteiger partial charge in [-0.3, -0.25) is 9.69 Å². The SMILES string of the molecule is Cc1sc2nc(CN3CCNCC3C)[nH]c(=O)c2c1C. The van der Waals surface area contributed by atoms with E-state index in [1.54, 1.807) is 11.3 Å². The molecule has 6 heteroatoms. The zero-order valence-electron chi connectivity index (χ0n) is 12.1. The van der Waals surface area contributed by atoms with Crippen LogP contribution in [0, 0.1) is 13.8 Å². The summed E-state index contributed by atoms with van der Waals surface area (Å²) >= 11 is 1.61. The molecule has 2 aromatic heterocycles. The first-order valence-corrected chi connectivity index (χ1v) is 7.81. The average molecular weight is 292 g/mol. The van der Waals surface area contributed by atoms with Gasteiger partial charge >= 0.3 is 0 Å². The van der Waals surface area contributed by atoms with E-state index < -0.39 is 0 Å². The van der Waals surface area contributed by atoms with Crippen LogP contribution < -0.4 is 10.9 Å². The summed E-state index contributed by atoms with van der Waals surface area (Å²) in [6.45, 7) is 9.91. The molecule has 2 N–H and O–H groups in total. The third-order valence-corrected chi connectivity index (χ3v) is 5.18. The van der Waals surface area contributed by atoms with Crippen LogP contribution in [0.5, 0.6) is 0 Å². The van der Waals surface area contributed by atoms with Crippen molar-refractivity contribution in [3.05, 3.63) is 26.6 Å². The number of thiophene rings is 1. The van der Waals surface area contributed by atoms with Crippen molar-refractivity contribution in [2.24, 2.45) is 0 Å². The Morgan fingerprint density at radius 3 is 3.00 bits per heavy atom. The van der Waals surface area contributed by atoms with Crippen LogP contribution in [0.4, 0.5) is 0 Å². The number of nitrogens with zero attached hydrogens (tertiary/aromatic N) is 2. The molecular formula is C14H20N4OS. The number of aromatic amines is 1. The van der Waals surface area contributed by atoms with Crippen molar-refractivity contribution in [1.29, 1.82) is 0 Å². The third kappa shape index (κ3) is 2.39. The van der Waals surface area contributed by atoms with Gasteiger partial charge < -0.3 is 10.3 Å². The van der Waals surface area contributed by atoms with Crippen LogP contribution >= 0.6 is 11.3 Å². The van der Waals surface area contributed by atoms with Crippen molar-refractivity contribution < 1.29 is 0 Å². The first-order chi connectivity index (χ1) is 9.56. The molecule has 1 aliphatic heterocycles. The molecule has 1 fully saturated rings. The average Bonchev–Trinajstić information content (AvgIpc) is 2.68. The minimum Gasteiger partial charge on any atom is -0.314 e. The van der Waals surface area contributed by atoms with Crippen LogP contribution in [0.3, 0.4) is 0 Å². The summed E-state index contributed by atoms with van der Waals surface area (Å²) in [6.07, 6.45) is 0. The highest BCUT2D eigenvalue weighted by atomic mass is 32.1. The van der Waals surface area contributed by atoms with Gasteiger partial charge in [-0.25, -0.2) is 4.98 Å². The van der Waals surface area contributed by atoms with Crippen molar-refractivity contribution in [2.75, 3.05) is 19.6 Å². The highest BCUT2D eigenvalue weighted by Crippen LogP contribution is 2.25. The van der Waals surface area contributed by atoms with Gasteiger partial charge in [-0.05, 0) is 26.3 Å². The second-order valence-corrected chi connectivity index (χ2v) is 6.70. The van der Waals surface area contributed by atoms with E-state index in [9.17, 15) is 4.79 Å². The zero-order chi connectivity index (χ0) is 14.3. The molecule has 1 unspecified atom stereocenters. The van der Waals surface area contributed by atoms with Crippen molar-refractivity contribution in [3.63, 3.8) is 0 Å². The second-order valence-electron chi connectivity index (χ2n) is 5.50. The lowest BCUT2D eigenvalue weighted by Crippen LogP contribution is -2.49. The Kier molecular flexibility index (Phi) is 3.62. The highest BCUT2D eigenvalue weighted by Gasteiger charge is 2.19. The summed E-state index contributed by atoms with van der Waals surface area (Å²) < 4.78 is 0. The maximum Gasteiger partial charge on any atom is 0.259 e. The lowest BCUT2D eigenvalue weighted by Gasteiger charge is -2.33. The van der Waals surface area contributed by atoms with Gasteiger partial charge in [0, 0.05) is 30.6 Å². The highest BCUT2D eigenvalue weighted by molar-refractivity contribution is 7.18. The van der Waals surface area contributed by atoms with E-state index in [-0.39, 0.29) is 5.56 Å². The van der Waals surface area contributed by atoms with E-state index in [2.05, 4.69) is 27.1 Å². The summed E-state index contributed by atoms with van der Waals surface area (Å²) in [5.41, 5.74) is 1.05. The maximum atomic E-state index is 12.2. The van der Waals surface area contributed by atoms with Crippen molar-refractivity contribution in [3.8, 4) is 0 Å². The van der Waals surface area contributed by atoms with E-state index in [0.29, 0.717) is 12.6 Å². The first-order valence-electron chi connectivity index (χ1n) is 7.00. The largest absolute Gasteiger partial charge is 0.314 e. The lowest BCUT2D eigenvalue weighted by molar-refractivity contribution is 0.162. The number of piperazine rings is 1. The van der Waals surface area contributed by atoms with Crippen LogP contribution in [0.1, 0.15) is 23.2 Å². The van der Waals surface area contributed by atoms with Crippen LogP contribution in [0.2, 0.25) is 0 Å². The summed E-state index contributed by atoms with van der Waals surface area (Å²) in [4.78, 5) is 24.2. The van der Waals surface area contributed by atoms with Crippen LogP contribution in [0.25, 0.3) is 10.2 Å². The molecule has 0 aromatic carbocycles. The number of hydrogen-bond donors (Lipinski definition) is 2. The quantitative estimate of drug-likeness (QED) is 0.878. The van der Waals surface area contributed by atoms with Crippen LogP contribution in [-0.4, -0.2) is 40.5 Å². The first kappa shape index (κ1) is 13.7. The summed E-state index contributed by atoms with van der Waals surface area (Å²) in [5.74, 6) is 0.775. The number of hydrogen-bond acceptors (Lipinski definition) is 5. The number of aryl methyl sites for hydroxylation is 2. The summed E-state index contributed by atoms with van der Waals surface area (Å²) in [6, 6.07) is 0.469. The molecule has 0 bridgehead atoms. The van der Waals surface area contributed by atoms with Gasteiger partial charge in [-0.15, -0.1) is 11.3 Å². The molecule has 0 amide bonds. The molecule has 2 aromatic rings. The fourth-order valence-corrected chi connectivity index (χ4v) is 3.73. The molecule has 3 rings (SSSR count). The van der Waals surface area contributed by atoms with Gasteiger partial charge in [0.2, 0.25) is 0 Å². The zero-order valence-corrected chi connectivity index (χ0v) is 12.9. The Labute approximate surface area is 122 Å². The molecule has 108 valence electrons. The predicted octanol–water partition coefficient (Wildman–Crippen LogP) is 1.40. The summed E-state index contributed by atoms with van der Waals surface area (Å²) in [7, 11) is 0. The molecule has 20 heavy (non-hydrogen) atoms. The standard InChI is InChI=1S/C14H20N4OS/c1-8-6-15-4-5-18(8)7-11-16-13(19)12-9(2)10(3)20-14(12)17-11/h8,15H,4-7H2,1-3H3,(H,16,17,19). The number of nitrogens with one attached hydrogen (secondary N) is 2. The second kappa shape index (κ2) is 5.27. The molecule has 1 aliphatic rings. The number of H-pyrrole nitrogens is 1. The molecular weight excluding hydrogens is 272 g/mol. The molecule has 5 nitrogen and oxygen atoms in total. The van der Waals surface area contributed by atoms with Crippen molar-refractivity contribution in [2.45, 2.75) is 33.4 Å². The van der Waals surface area contributed by atoms with E-state index in [4.69, 9.17) is 0 Å². The minimum absolute atomic E-state index is 0.00497. The molecule has 1 saturated heterocycles. The Morgan fingerprint density at radius 1 is 1.45 bits per heavy atom. The van der Waals surface area contributed by atoms with E-state index in [1.807, 2.05) is 13.8 Å². The molecule has 3 heterocycles. The maximum absolute atomic E-state index is 12.2. The van der Waals surface area contributed by atoms with E-state index in [1.165, 1.54) is 4.88 Å². The molecule has 0 radical (unpaired) electrons.